The van der Waals surface area contributed by atoms with Gasteiger partial charge in [0.05, 0.1) is 0 Å². The summed E-state index contributed by atoms with van der Waals surface area (Å²) in [5.74, 6) is 1.89. The Hall–Kier alpha value is -1.02. The molecule has 0 bridgehead atoms. The van der Waals surface area contributed by atoms with Crippen LogP contribution in [0.1, 0.15) is 29.9 Å². The summed E-state index contributed by atoms with van der Waals surface area (Å²) in [6, 6.07) is 21.9. The molecule has 1 aliphatic rings. The molecule has 1 aliphatic heterocycles. The fourth-order valence-electron chi connectivity index (χ4n) is 3.74. The zero-order valence-corrected chi connectivity index (χ0v) is 15.0. The van der Waals surface area contributed by atoms with Crippen LogP contribution in [0.15, 0.2) is 60.7 Å². The van der Waals surface area contributed by atoms with Crippen molar-refractivity contribution >= 4 is 24.0 Å². The number of halogens is 2. The minimum atomic E-state index is 0. The molecule has 3 rings (SSSR count). The van der Waals surface area contributed by atoms with Crippen molar-refractivity contribution in [1.29, 1.82) is 0 Å². The normalized spacial score (nSPS) is 18.6. The number of benzene rings is 2. The molecular weight excluding hydrogens is 325 g/mol. The lowest BCUT2D eigenvalue weighted by molar-refractivity contribution is 0.172. The van der Waals surface area contributed by atoms with Gasteiger partial charge in [0.2, 0.25) is 0 Å². The lowest BCUT2D eigenvalue weighted by Gasteiger charge is -2.37. The minimum Gasteiger partial charge on any atom is -0.302 e. The summed E-state index contributed by atoms with van der Waals surface area (Å²) in [5.41, 5.74) is 2.87. The molecule has 1 saturated heterocycles. The van der Waals surface area contributed by atoms with Gasteiger partial charge in [0, 0.05) is 24.9 Å². The highest BCUT2D eigenvalue weighted by Crippen LogP contribution is 2.36. The summed E-state index contributed by atoms with van der Waals surface area (Å²) in [6.45, 7) is 3.36. The molecule has 0 radical (unpaired) electrons. The van der Waals surface area contributed by atoms with E-state index in [0.717, 1.165) is 19.0 Å². The van der Waals surface area contributed by atoms with Gasteiger partial charge in [-0.25, -0.2) is 0 Å². The summed E-state index contributed by atoms with van der Waals surface area (Å²) in [7, 11) is 0. The number of piperidine rings is 1. The number of hydrogen-bond acceptors (Lipinski definition) is 1. The molecule has 23 heavy (non-hydrogen) atoms. The molecule has 2 aromatic rings. The highest BCUT2D eigenvalue weighted by atomic mass is 35.5. The quantitative estimate of drug-likeness (QED) is 0.671. The fraction of sp³-hybridized carbons (Fsp3) is 0.400. The van der Waals surface area contributed by atoms with Gasteiger partial charge in [-0.2, -0.15) is 0 Å². The number of hydrogen-bond donors (Lipinski definition) is 0. The molecule has 1 atom stereocenters. The molecule has 0 saturated carbocycles. The second-order valence-corrected chi connectivity index (χ2v) is 6.57. The molecule has 0 amide bonds. The lowest BCUT2D eigenvalue weighted by Crippen LogP contribution is -2.39. The Bertz CT molecular complexity index is 517. The predicted octanol–water partition coefficient (Wildman–Crippen LogP) is 5.19. The van der Waals surface area contributed by atoms with Gasteiger partial charge < -0.3 is 4.90 Å². The van der Waals surface area contributed by atoms with Crippen LogP contribution in [0.4, 0.5) is 0 Å². The summed E-state index contributed by atoms with van der Waals surface area (Å²) in [4.78, 5) is 2.53. The molecule has 124 valence electrons. The Balaban J connectivity index is 0.00000192. The Morgan fingerprint density at radius 3 is 2.04 bits per heavy atom. The molecule has 0 aromatic heterocycles. The third-order valence-corrected chi connectivity index (χ3v) is 4.90. The van der Waals surface area contributed by atoms with E-state index in [1.165, 1.54) is 30.5 Å². The SMILES string of the molecule is Cl.ClCCN1CCCC(C(c2ccccc2)c2ccccc2)C1. The first-order valence-electron chi connectivity index (χ1n) is 8.26. The Labute approximate surface area is 151 Å². The third-order valence-electron chi connectivity index (χ3n) is 4.73. The van der Waals surface area contributed by atoms with E-state index in [1.807, 2.05) is 0 Å². The number of nitrogens with zero attached hydrogens (tertiary/aromatic N) is 1. The third kappa shape index (κ3) is 4.73. The van der Waals surface area contributed by atoms with Crippen molar-refractivity contribution in [3.63, 3.8) is 0 Å². The van der Waals surface area contributed by atoms with Crippen LogP contribution in [-0.4, -0.2) is 30.4 Å². The van der Waals surface area contributed by atoms with Crippen molar-refractivity contribution in [3.05, 3.63) is 71.8 Å². The molecule has 1 fully saturated rings. The van der Waals surface area contributed by atoms with E-state index in [4.69, 9.17) is 11.6 Å². The van der Waals surface area contributed by atoms with Gasteiger partial charge in [-0.3, -0.25) is 0 Å². The second-order valence-electron chi connectivity index (χ2n) is 6.19. The van der Waals surface area contributed by atoms with Gasteiger partial charge in [-0.05, 0) is 36.4 Å². The average molecular weight is 350 g/mol. The molecule has 2 aromatic carbocycles. The van der Waals surface area contributed by atoms with Gasteiger partial charge in [0.25, 0.3) is 0 Å². The van der Waals surface area contributed by atoms with E-state index in [2.05, 4.69) is 65.6 Å². The first-order chi connectivity index (χ1) is 10.9. The van der Waals surface area contributed by atoms with Crippen molar-refractivity contribution < 1.29 is 0 Å². The Morgan fingerprint density at radius 1 is 0.957 bits per heavy atom. The first-order valence-corrected chi connectivity index (χ1v) is 8.80. The molecule has 0 spiro atoms. The molecule has 1 unspecified atom stereocenters. The fourth-order valence-corrected chi connectivity index (χ4v) is 3.98. The van der Waals surface area contributed by atoms with Gasteiger partial charge in [0.15, 0.2) is 0 Å². The van der Waals surface area contributed by atoms with E-state index in [0.29, 0.717) is 11.8 Å². The monoisotopic (exact) mass is 349 g/mol. The minimum absolute atomic E-state index is 0. The molecule has 1 nitrogen and oxygen atoms in total. The predicted molar refractivity (Wildman–Crippen MR) is 102 cm³/mol. The van der Waals surface area contributed by atoms with Crippen LogP contribution in [0.5, 0.6) is 0 Å². The second kappa shape index (κ2) is 9.32. The Kier molecular flexibility index (Phi) is 7.42. The first kappa shape index (κ1) is 18.3. The van der Waals surface area contributed by atoms with Crippen LogP contribution in [0.3, 0.4) is 0 Å². The highest BCUT2D eigenvalue weighted by molar-refractivity contribution is 6.18. The van der Waals surface area contributed by atoms with Crippen molar-refractivity contribution in [2.24, 2.45) is 5.92 Å². The summed E-state index contributed by atoms with van der Waals surface area (Å²) in [5, 5.41) is 0. The summed E-state index contributed by atoms with van der Waals surface area (Å²) in [6.07, 6.45) is 2.57. The van der Waals surface area contributed by atoms with Crippen LogP contribution < -0.4 is 0 Å². The van der Waals surface area contributed by atoms with Gasteiger partial charge in [-0.1, -0.05) is 60.7 Å². The summed E-state index contributed by atoms with van der Waals surface area (Å²) < 4.78 is 0. The van der Waals surface area contributed by atoms with E-state index >= 15 is 0 Å². The van der Waals surface area contributed by atoms with Crippen LogP contribution in [0.25, 0.3) is 0 Å². The van der Waals surface area contributed by atoms with E-state index in [9.17, 15) is 0 Å². The van der Waals surface area contributed by atoms with Gasteiger partial charge >= 0.3 is 0 Å². The average Bonchev–Trinajstić information content (AvgIpc) is 2.58. The highest BCUT2D eigenvalue weighted by Gasteiger charge is 2.29. The Morgan fingerprint density at radius 2 is 1.52 bits per heavy atom. The van der Waals surface area contributed by atoms with Crippen LogP contribution in [0, 0.1) is 5.92 Å². The topological polar surface area (TPSA) is 3.24 Å². The van der Waals surface area contributed by atoms with Crippen molar-refractivity contribution in [2.45, 2.75) is 18.8 Å². The maximum Gasteiger partial charge on any atom is 0.0351 e. The van der Waals surface area contributed by atoms with Crippen LogP contribution >= 0.6 is 24.0 Å². The molecule has 1 heterocycles. The maximum absolute atomic E-state index is 5.95. The van der Waals surface area contributed by atoms with Crippen molar-refractivity contribution in [2.75, 3.05) is 25.5 Å². The standard InChI is InChI=1S/C20H24ClN.ClH/c21-13-15-22-14-7-12-19(16-22)20(17-8-3-1-4-9-17)18-10-5-2-6-11-18;/h1-6,8-11,19-20H,7,12-16H2;1H. The van der Waals surface area contributed by atoms with Crippen molar-refractivity contribution in [3.8, 4) is 0 Å². The van der Waals surface area contributed by atoms with E-state index in [1.54, 1.807) is 0 Å². The smallest absolute Gasteiger partial charge is 0.0351 e. The molecule has 0 aliphatic carbocycles. The number of alkyl halides is 1. The summed E-state index contributed by atoms with van der Waals surface area (Å²) >= 11 is 5.95. The van der Waals surface area contributed by atoms with Crippen molar-refractivity contribution in [1.82, 2.24) is 4.90 Å². The molecular formula is C20H25Cl2N. The lowest BCUT2D eigenvalue weighted by atomic mass is 9.77. The van der Waals surface area contributed by atoms with E-state index < -0.39 is 0 Å². The zero-order valence-electron chi connectivity index (χ0n) is 13.4. The molecule has 0 N–H and O–H groups in total. The zero-order chi connectivity index (χ0) is 15.2. The number of likely N-dealkylation sites (tertiary alicyclic amines) is 1. The van der Waals surface area contributed by atoms with E-state index in [-0.39, 0.29) is 12.4 Å². The van der Waals surface area contributed by atoms with Gasteiger partial charge in [0.1, 0.15) is 0 Å². The van der Waals surface area contributed by atoms with Crippen LogP contribution in [0.2, 0.25) is 0 Å². The van der Waals surface area contributed by atoms with Crippen LogP contribution in [-0.2, 0) is 0 Å². The van der Waals surface area contributed by atoms with Gasteiger partial charge in [-0.15, -0.1) is 24.0 Å². The molecule has 3 heteroatoms. The maximum atomic E-state index is 5.95. The largest absolute Gasteiger partial charge is 0.302 e. The number of rotatable bonds is 5.